The molecule has 98 valence electrons. The van der Waals surface area contributed by atoms with Gasteiger partial charge in [-0.2, -0.15) is 0 Å². The van der Waals surface area contributed by atoms with Crippen molar-refractivity contribution in [3.8, 4) is 0 Å². The number of rotatable bonds is 1. The Kier molecular flexibility index (Phi) is 4.40. The molecule has 3 heteroatoms. The van der Waals surface area contributed by atoms with Gasteiger partial charge in [0, 0.05) is 11.3 Å². The Bertz CT molecular complexity index is 278. The predicted molar refractivity (Wildman–Crippen MR) is 77.7 cm³/mol. The molecule has 0 aromatic rings. The van der Waals surface area contributed by atoms with Crippen LogP contribution < -0.4 is 5.32 Å². The average Bonchev–Trinajstić information content (AvgIpc) is 2.22. The lowest BCUT2D eigenvalue weighted by Gasteiger charge is -2.32. The molecular formula is C14H26N2S. The fraction of sp³-hybridized carbons (Fsp3) is 0.929. The van der Waals surface area contributed by atoms with Gasteiger partial charge in [-0.1, -0.05) is 32.5 Å². The van der Waals surface area contributed by atoms with Crippen LogP contribution in [0.15, 0.2) is 4.99 Å². The molecule has 0 aromatic heterocycles. The van der Waals surface area contributed by atoms with E-state index >= 15 is 0 Å². The molecule has 1 N–H and O–H groups in total. The third kappa shape index (κ3) is 3.64. The summed E-state index contributed by atoms with van der Waals surface area (Å²) in [4.78, 5) is 4.95. The highest BCUT2D eigenvalue weighted by Crippen LogP contribution is 2.32. The summed E-state index contributed by atoms with van der Waals surface area (Å²) < 4.78 is 0. The van der Waals surface area contributed by atoms with Gasteiger partial charge in [-0.05, 0) is 44.4 Å². The predicted octanol–water partition coefficient (Wildman–Crippen LogP) is 3.67. The van der Waals surface area contributed by atoms with E-state index in [2.05, 4.69) is 33.0 Å². The standard InChI is InChI=1S/C14H26N2S/c1-9-5-6-13(7-10(9)2)16-14-15-11(3)8-12(4)17-14/h9-13H,5-8H2,1-4H3,(H,15,16). The van der Waals surface area contributed by atoms with E-state index in [4.69, 9.17) is 4.99 Å². The van der Waals surface area contributed by atoms with Gasteiger partial charge >= 0.3 is 0 Å². The first-order chi connectivity index (χ1) is 8.04. The van der Waals surface area contributed by atoms with Crippen LogP contribution in [-0.2, 0) is 0 Å². The first-order valence-corrected chi connectivity index (χ1v) is 7.93. The summed E-state index contributed by atoms with van der Waals surface area (Å²) >= 11 is 1.92. The van der Waals surface area contributed by atoms with Gasteiger partial charge in [0.1, 0.15) is 0 Å². The van der Waals surface area contributed by atoms with Gasteiger partial charge in [0.05, 0.1) is 6.04 Å². The van der Waals surface area contributed by atoms with Crippen LogP contribution in [0.1, 0.15) is 53.4 Å². The second-order valence-electron chi connectivity index (χ2n) is 6.07. The zero-order valence-corrected chi connectivity index (χ0v) is 12.4. The van der Waals surface area contributed by atoms with Gasteiger partial charge < -0.3 is 5.32 Å². The zero-order chi connectivity index (χ0) is 12.4. The van der Waals surface area contributed by atoms with Gasteiger partial charge in [0.2, 0.25) is 0 Å². The largest absolute Gasteiger partial charge is 0.362 e. The molecule has 0 bridgehead atoms. The Morgan fingerprint density at radius 1 is 1.06 bits per heavy atom. The van der Waals surface area contributed by atoms with E-state index in [9.17, 15) is 0 Å². The van der Waals surface area contributed by atoms with Crippen molar-refractivity contribution in [2.24, 2.45) is 16.8 Å². The second kappa shape index (κ2) is 5.64. The molecule has 1 heterocycles. The lowest BCUT2D eigenvalue weighted by molar-refractivity contribution is 0.252. The smallest absolute Gasteiger partial charge is 0.157 e. The van der Waals surface area contributed by atoms with Crippen LogP contribution in [0.3, 0.4) is 0 Å². The zero-order valence-electron chi connectivity index (χ0n) is 11.6. The number of aliphatic imine (C=N–C) groups is 1. The molecule has 17 heavy (non-hydrogen) atoms. The molecule has 2 nitrogen and oxygen atoms in total. The molecule has 5 unspecified atom stereocenters. The number of nitrogens with zero attached hydrogens (tertiary/aromatic N) is 1. The Morgan fingerprint density at radius 2 is 1.82 bits per heavy atom. The van der Waals surface area contributed by atoms with Crippen molar-refractivity contribution in [3.63, 3.8) is 0 Å². The Hall–Kier alpha value is -0.180. The lowest BCUT2D eigenvalue weighted by Crippen LogP contribution is -2.39. The van der Waals surface area contributed by atoms with E-state index in [1.54, 1.807) is 0 Å². The summed E-state index contributed by atoms with van der Waals surface area (Å²) in [5.41, 5.74) is 0. The minimum absolute atomic E-state index is 0.564. The molecular weight excluding hydrogens is 228 g/mol. The fourth-order valence-electron chi connectivity index (χ4n) is 2.91. The van der Waals surface area contributed by atoms with Crippen LogP contribution in [0.5, 0.6) is 0 Å². The number of thioether (sulfide) groups is 1. The van der Waals surface area contributed by atoms with Crippen molar-refractivity contribution in [2.75, 3.05) is 0 Å². The minimum atomic E-state index is 0.564. The van der Waals surface area contributed by atoms with Gasteiger partial charge in [0.25, 0.3) is 0 Å². The molecule has 0 amide bonds. The molecule has 2 rings (SSSR count). The summed E-state index contributed by atoms with van der Waals surface area (Å²) in [5, 5.41) is 5.44. The van der Waals surface area contributed by atoms with E-state index in [0.29, 0.717) is 17.3 Å². The summed E-state index contributed by atoms with van der Waals surface area (Å²) in [6.07, 6.45) is 5.15. The maximum atomic E-state index is 4.95. The van der Waals surface area contributed by atoms with Crippen molar-refractivity contribution in [2.45, 2.75) is 70.7 Å². The van der Waals surface area contributed by atoms with Crippen molar-refractivity contribution in [1.82, 2.24) is 5.32 Å². The molecule has 1 aliphatic heterocycles. The maximum absolute atomic E-state index is 4.95. The molecule has 2 aliphatic rings. The SMILES string of the molecule is CC1CC(C)SC(=NC2CCC(C)C(C)C2)N1. The summed E-state index contributed by atoms with van der Waals surface area (Å²) in [6.45, 7) is 9.33. The van der Waals surface area contributed by atoms with Crippen molar-refractivity contribution >= 4 is 16.9 Å². The normalized spacial score (nSPS) is 45.6. The number of hydrogen-bond donors (Lipinski definition) is 1. The van der Waals surface area contributed by atoms with E-state index in [1.165, 1.54) is 30.9 Å². The third-order valence-electron chi connectivity index (χ3n) is 4.24. The van der Waals surface area contributed by atoms with Gasteiger partial charge in [-0.3, -0.25) is 4.99 Å². The Labute approximate surface area is 110 Å². The first kappa shape index (κ1) is 13.3. The fourth-order valence-corrected chi connectivity index (χ4v) is 4.16. The highest BCUT2D eigenvalue weighted by atomic mass is 32.2. The molecule has 0 radical (unpaired) electrons. The number of amidine groups is 1. The average molecular weight is 254 g/mol. The van der Waals surface area contributed by atoms with Crippen LogP contribution in [-0.4, -0.2) is 22.5 Å². The molecule has 1 saturated carbocycles. The monoisotopic (exact) mass is 254 g/mol. The molecule has 2 fully saturated rings. The highest BCUT2D eigenvalue weighted by molar-refractivity contribution is 8.14. The number of hydrogen-bond acceptors (Lipinski definition) is 2. The second-order valence-corrected chi connectivity index (χ2v) is 7.49. The summed E-state index contributed by atoms with van der Waals surface area (Å²) in [6, 6.07) is 1.15. The Balaban J connectivity index is 1.94. The van der Waals surface area contributed by atoms with E-state index < -0.39 is 0 Å². The minimum Gasteiger partial charge on any atom is -0.362 e. The van der Waals surface area contributed by atoms with Crippen LogP contribution >= 0.6 is 11.8 Å². The van der Waals surface area contributed by atoms with Crippen molar-refractivity contribution in [3.05, 3.63) is 0 Å². The molecule has 1 aliphatic carbocycles. The molecule has 0 aromatic carbocycles. The number of nitrogens with one attached hydrogen (secondary N) is 1. The summed E-state index contributed by atoms with van der Waals surface area (Å²) in [7, 11) is 0. The summed E-state index contributed by atoms with van der Waals surface area (Å²) in [5.74, 6) is 1.72. The third-order valence-corrected chi connectivity index (χ3v) is 5.28. The van der Waals surface area contributed by atoms with Crippen LogP contribution in [0, 0.1) is 11.8 Å². The Morgan fingerprint density at radius 3 is 2.47 bits per heavy atom. The van der Waals surface area contributed by atoms with Crippen LogP contribution in [0.4, 0.5) is 0 Å². The molecule has 0 spiro atoms. The van der Waals surface area contributed by atoms with E-state index in [0.717, 1.165) is 11.8 Å². The van der Waals surface area contributed by atoms with Crippen LogP contribution in [0.25, 0.3) is 0 Å². The van der Waals surface area contributed by atoms with Gasteiger partial charge in [-0.25, -0.2) is 0 Å². The first-order valence-electron chi connectivity index (χ1n) is 7.05. The van der Waals surface area contributed by atoms with Crippen LogP contribution in [0.2, 0.25) is 0 Å². The molecule has 1 saturated heterocycles. The van der Waals surface area contributed by atoms with Gasteiger partial charge in [0.15, 0.2) is 5.17 Å². The lowest BCUT2D eigenvalue weighted by atomic mass is 9.79. The van der Waals surface area contributed by atoms with E-state index in [1.807, 2.05) is 11.8 Å². The van der Waals surface area contributed by atoms with Crippen molar-refractivity contribution in [1.29, 1.82) is 0 Å². The van der Waals surface area contributed by atoms with E-state index in [-0.39, 0.29) is 0 Å². The maximum Gasteiger partial charge on any atom is 0.157 e. The van der Waals surface area contributed by atoms with Gasteiger partial charge in [-0.15, -0.1) is 0 Å². The van der Waals surface area contributed by atoms with Crippen molar-refractivity contribution < 1.29 is 0 Å². The quantitative estimate of drug-likeness (QED) is 0.772. The topological polar surface area (TPSA) is 24.4 Å². The molecule has 5 atom stereocenters. The highest BCUT2D eigenvalue weighted by Gasteiger charge is 2.26.